The van der Waals surface area contributed by atoms with E-state index < -0.39 is 12.0 Å². The van der Waals surface area contributed by atoms with Crippen LogP contribution in [0.15, 0.2) is 23.2 Å². The number of carbonyl (C=O) groups is 2. The molecule has 3 N–H and O–H groups in total. The smallest absolute Gasteiger partial charge is 0.436 e. The van der Waals surface area contributed by atoms with Gasteiger partial charge in [0.1, 0.15) is 0 Å². The van der Waals surface area contributed by atoms with E-state index in [1.54, 1.807) is 18.2 Å². The second-order valence-corrected chi connectivity index (χ2v) is 5.20. The molecule has 0 heterocycles. The number of hydrogen-bond acceptors (Lipinski definition) is 3. The van der Waals surface area contributed by atoms with Gasteiger partial charge >= 0.3 is 6.09 Å². The Hall–Kier alpha value is -1.79. The van der Waals surface area contributed by atoms with Gasteiger partial charge in [0.25, 0.3) is 0 Å². The summed E-state index contributed by atoms with van der Waals surface area (Å²) in [6.45, 7) is 2.22. The molecule has 0 saturated heterocycles. The number of benzene rings is 1. The Kier molecular flexibility index (Phi) is 7.70. The monoisotopic (exact) mass is 345 g/mol. The Labute approximate surface area is 138 Å². The average molecular weight is 346 g/mol. The van der Waals surface area contributed by atoms with Crippen molar-refractivity contribution in [1.29, 1.82) is 0 Å². The molecule has 0 unspecified atom stereocenters. The Morgan fingerprint density at radius 3 is 2.55 bits per heavy atom. The van der Waals surface area contributed by atoms with Crippen LogP contribution in [0, 0.1) is 0 Å². The number of nitrogens with two attached hydrogens (primary N) is 1. The maximum atomic E-state index is 11.8. The standard InChI is InChI=1S/C14H17Cl2N3O3/c1-2-3-7-22-14(21)19-13(17)18-12(20)8-9-10(15)5-4-6-11(9)16/h4-6H,2-3,7-8H2,1H3,(H3,17,18,19,20,21). The van der Waals surface area contributed by atoms with E-state index in [1.807, 2.05) is 6.92 Å². The van der Waals surface area contributed by atoms with Crippen LogP contribution in [0.3, 0.4) is 0 Å². The minimum Gasteiger partial charge on any atom is -0.448 e. The molecule has 1 aromatic carbocycles. The summed E-state index contributed by atoms with van der Waals surface area (Å²) in [5, 5.41) is 3.02. The molecule has 120 valence electrons. The van der Waals surface area contributed by atoms with Crippen molar-refractivity contribution in [2.24, 2.45) is 10.7 Å². The predicted molar refractivity (Wildman–Crippen MR) is 86.2 cm³/mol. The van der Waals surface area contributed by atoms with Crippen molar-refractivity contribution in [2.45, 2.75) is 26.2 Å². The van der Waals surface area contributed by atoms with Crippen LogP contribution >= 0.6 is 23.2 Å². The third kappa shape index (κ3) is 6.32. The van der Waals surface area contributed by atoms with Crippen LogP contribution in [0.5, 0.6) is 0 Å². The van der Waals surface area contributed by atoms with Crippen molar-refractivity contribution in [3.8, 4) is 0 Å². The first-order valence-electron chi connectivity index (χ1n) is 6.67. The fraction of sp³-hybridized carbons (Fsp3) is 0.357. The first-order chi connectivity index (χ1) is 10.4. The SMILES string of the molecule is CCCCOC(=O)N=C(N)NC(=O)Cc1c(Cl)cccc1Cl. The molecular weight excluding hydrogens is 329 g/mol. The number of unbranched alkanes of at least 4 members (excludes halogenated alkanes) is 1. The summed E-state index contributed by atoms with van der Waals surface area (Å²) >= 11 is 11.9. The number of rotatable bonds is 5. The highest BCUT2D eigenvalue weighted by atomic mass is 35.5. The number of hydrogen-bond donors (Lipinski definition) is 2. The summed E-state index contributed by atoms with van der Waals surface area (Å²) in [5.41, 5.74) is 5.93. The van der Waals surface area contributed by atoms with Gasteiger partial charge in [-0.1, -0.05) is 42.6 Å². The summed E-state index contributed by atoms with van der Waals surface area (Å²) < 4.78 is 4.79. The zero-order valence-electron chi connectivity index (χ0n) is 12.1. The number of halogens is 2. The number of nitrogens with zero attached hydrogens (tertiary/aromatic N) is 1. The number of aliphatic imine (C=N–C) groups is 1. The topological polar surface area (TPSA) is 93.8 Å². The molecule has 6 nitrogen and oxygen atoms in total. The Balaban J connectivity index is 2.55. The van der Waals surface area contributed by atoms with Gasteiger partial charge in [0.2, 0.25) is 11.9 Å². The third-order valence-corrected chi connectivity index (χ3v) is 3.31. The number of ether oxygens (including phenoxy) is 1. The van der Waals surface area contributed by atoms with Crippen LogP contribution in [-0.4, -0.2) is 24.6 Å². The highest BCUT2D eigenvalue weighted by Gasteiger charge is 2.12. The molecule has 0 saturated carbocycles. The molecule has 0 bridgehead atoms. The summed E-state index contributed by atoms with van der Waals surface area (Å²) in [7, 11) is 0. The Morgan fingerprint density at radius 2 is 1.95 bits per heavy atom. The second-order valence-electron chi connectivity index (χ2n) is 4.39. The van der Waals surface area contributed by atoms with E-state index in [1.165, 1.54) is 0 Å². The first kappa shape index (κ1) is 18.3. The van der Waals surface area contributed by atoms with Crippen molar-refractivity contribution in [1.82, 2.24) is 5.32 Å². The molecule has 22 heavy (non-hydrogen) atoms. The predicted octanol–water partition coefficient (Wildman–Crippen LogP) is 2.90. The lowest BCUT2D eigenvalue weighted by Crippen LogP contribution is -2.38. The molecule has 0 radical (unpaired) electrons. The summed E-state index contributed by atoms with van der Waals surface area (Å²) in [4.78, 5) is 26.5. The van der Waals surface area contributed by atoms with Gasteiger partial charge in [0.05, 0.1) is 13.0 Å². The van der Waals surface area contributed by atoms with Crippen LogP contribution in [-0.2, 0) is 16.0 Å². The molecule has 1 rings (SSSR count). The molecule has 0 aliphatic rings. The molecular formula is C14H17Cl2N3O3. The summed E-state index contributed by atoms with van der Waals surface area (Å²) in [6, 6.07) is 4.92. The highest BCUT2D eigenvalue weighted by Crippen LogP contribution is 2.24. The molecule has 0 spiro atoms. The number of guanidine groups is 1. The number of carbonyl (C=O) groups excluding carboxylic acids is 2. The Morgan fingerprint density at radius 1 is 1.32 bits per heavy atom. The van der Waals surface area contributed by atoms with Gasteiger partial charge in [0.15, 0.2) is 0 Å². The van der Waals surface area contributed by atoms with Crippen molar-refractivity contribution in [3.05, 3.63) is 33.8 Å². The maximum Gasteiger partial charge on any atom is 0.436 e. The molecule has 0 fully saturated rings. The fourth-order valence-corrected chi connectivity index (χ4v) is 2.04. The van der Waals surface area contributed by atoms with E-state index in [9.17, 15) is 9.59 Å². The van der Waals surface area contributed by atoms with Crippen LogP contribution < -0.4 is 11.1 Å². The first-order valence-corrected chi connectivity index (χ1v) is 7.43. The van der Waals surface area contributed by atoms with E-state index in [4.69, 9.17) is 33.7 Å². The molecule has 0 aliphatic heterocycles. The van der Waals surface area contributed by atoms with Crippen molar-refractivity contribution < 1.29 is 14.3 Å². The normalized spacial score (nSPS) is 11.1. The minimum atomic E-state index is -0.845. The average Bonchev–Trinajstić information content (AvgIpc) is 2.43. The zero-order chi connectivity index (χ0) is 16.5. The van der Waals surface area contributed by atoms with Crippen LogP contribution in [0.1, 0.15) is 25.3 Å². The quantitative estimate of drug-likeness (QED) is 0.487. The molecule has 1 aromatic rings. The van der Waals surface area contributed by atoms with Crippen molar-refractivity contribution in [2.75, 3.05) is 6.61 Å². The molecule has 0 atom stereocenters. The van der Waals surface area contributed by atoms with Gasteiger partial charge in [-0.25, -0.2) is 4.79 Å². The summed E-state index contributed by atoms with van der Waals surface area (Å²) in [6.07, 6.45) is 0.696. The lowest BCUT2D eigenvalue weighted by Gasteiger charge is -2.07. The zero-order valence-corrected chi connectivity index (χ0v) is 13.6. The number of nitrogens with one attached hydrogen (secondary N) is 1. The van der Waals surface area contributed by atoms with Crippen LogP contribution in [0.2, 0.25) is 10.0 Å². The van der Waals surface area contributed by atoms with E-state index >= 15 is 0 Å². The summed E-state index contributed by atoms with van der Waals surface area (Å²) in [5.74, 6) is -0.827. The van der Waals surface area contributed by atoms with Crippen LogP contribution in [0.25, 0.3) is 0 Å². The molecule has 2 amide bonds. The van der Waals surface area contributed by atoms with Gasteiger partial charge in [-0.3, -0.25) is 10.1 Å². The van der Waals surface area contributed by atoms with E-state index in [2.05, 4.69) is 10.3 Å². The minimum absolute atomic E-state index is 0.0837. The van der Waals surface area contributed by atoms with Gasteiger partial charge in [0, 0.05) is 10.0 Å². The molecule has 0 aromatic heterocycles. The Bertz CT molecular complexity index is 556. The van der Waals surface area contributed by atoms with E-state index in [0.717, 1.165) is 12.8 Å². The van der Waals surface area contributed by atoms with Crippen LogP contribution in [0.4, 0.5) is 4.79 Å². The lowest BCUT2D eigenvalue weighted by atomic mass is 10.1. The van der Waals surface area contributed by atoms with Crippen molar-refractivity contribution in [3.63, 3.8) is 0 Å². The third-order valence-electron chi connectivity index (χ3n) is 2.60. The second kappa shape index (κ2) is 9.27. The highest BCUT2D eigenvalue weighted by molar-refractivity contribution is 6.36. The number of amides is 2. The van der Waals surface area contributed by atoms with Gasteiger partial charge in [-0.05, 0) is 24.1 Å². The maximum absolute atomic E-state index is 11.8. The largest absolute Gasteiger partial charge is 0.448 e. The van der Waals surface area contributed by atoms with E-state index in [0.29, 0.717) is 15.6 Å². The fourth-order valence-electron chi connectivity index (χ4n) is 1.51. The van der Waals surface area contributed by atoms with Crippen molar-refractivity contribution >= 4 is 41.2 Å². The molecule has 0 aliphatic carbocycles. The van der Waals surface area contributed by atoms with Gasteiger partial charge in [-0.15, -0.1) is 4.99 Å². The molecule has 8 heteroatoms. The van der Waals surface area contributed by atoms with Gasteiger partial charge < -0.3 is 10.5 Å². The van der Waals surface area contributed by atoms with E-state index in [-0.39, 0.29) is 19.0 Å². The lowest BCUT2D eigenvalue weighted by molar-refractivity contribution is -0.119. The van der Waals surface area contributed by atoms with Gasteiger partial charge in [-0.2, -0.15) is 0 Å².